The maximum absolute atomic E-state index is 12.0. The molecule has 19 heavy (non-hydrogen) atoms. The van der Waals surface area contributed by atoms with Crippen LogP contribution >= 0.6 is 0 Å². The number of rotatable bonds is 6. The molecule has 1 unspecified atom stereocenters. The maximum Gasteiger partial charge on any atom is 0.387 e. The Morgan fingerprint density at radius 2 is 2.11 bits per heavy atom. The van der Waals surface area contributed by atoms with Crippen LogP contribution in [-0.2, 0) is 10.3 Å². The zero-order valence-corrected chi connectivity index (χ0v) is 10.2. The van der Waals surface area contributed by atoms with Crippen LogP contribution in [0.2, 0.25) is 0 Å². The molecule has 0 aromatic heterocycles. The number of carbonyl (C=O) groups is 1. The molecule has 6 heteroatoms. The van der Waals surface area contributed by atoms with Gasteiger partial charge in [-0.25, -0.2) is 4.79 Å². The fourth-order valence-corrected chi connectivity index (χ4v) is 1.50. The molecule has 1 atom stereocenters. The van der Waals surface area contributed by atoms with Crippen LogP contribution in [-0.4, -0.2) is 24.2 Å². The van der Waals surface area contributed by atoms with Crippen molar-refractivity contribution in [2.24, 2.45) is 0 Å². The molecule has 0 fully saturated rings. The highest BCUT2D eigenvalue weighted by Crippen LogP contribution is 2.24. The molecule has 0 aliphatic rings. The van der Waals surface area contributed by atoms with Crippen molar-refractivity contribution in [3.05, 3.63) is 29.8 Å². The van der Waals surface area contributed by atoms with Crippen molar-refractivity contribution < 1.29 is 23.4 Å². The third-order valence-electron chi connectivity index (χ3n) is 2.63. The van der Waals surface area contributed by atoms with Gasteiger partial charge in [-0.1, -0.05) is 18.1 Å². The number of hydrogen-bond acceptors (Lipinski definition) is 3. The van der Waals surface area contributed by atoms with Crippen molar-refractivity contribution in [3.63, 3.8) is 0 Å². The van der Waals surface area contributed by atoms with Crippen LogP contribution < -0.4 is 10.1 Å². The average Bonchev–Trinajstić information content (AvgIpc) is 2.35. The first kappa shape index (κ1) is 14.9. The van der Waals surface area contributed by atoms with Gasteiger partial charge in [0.05, 0.1) is 6.54 Å². The summed E-state index contributed by atoms with van der Waals surface area (Å²) in [6.45, 7) is -1.41. The molecule has 0 amide bonds. The molecule has 2 N–H and O–H groups in total. The van der Waals surface area contributed by atoms with Crippen molar-refractivity contribution in [2.75, 3.05) is 6.54 Å². The number of nitrogens with one attached hydrogen (secondary N) is 1. The van der Waals surface area contributed by atoms with Crippen molar-refractivity contribution in [3.8, 4) is 18.1 Å². The highest BCUT2D eigenvalue weighted by atomic mass is 19.3. The van der Waals surface area contributed by atoms with E-state index in [1.54, 1.807) is 0 Å². The first-order valence-electron chi connectivity index (χ1n) is 5.37. The van der Waals surface area contributed by atoms with Gasteiger partial charge in [-0.15, -0.1) is 6.42 Å². The molecular formula is C13H13F2NO3. The van der Waals surface area contributed by atoms with Crippen LogP contribution in [0.25, 0.3) is 0 Å². The smallest absolute Gasteiger partial charge is 0.387 e. The summed E-state index contributed by atoms with van der Waals surface area (Å²) in [6.07, 6.45) is 5.08. The third-order valence-corrected chi connectivity index (χ3v) is 2.63. The number of ether oxygens (including phenoxy) is 1. The Morgan fingerprint density at radius 1 is 1.53 bits per heavy atom. The Bertz CT molecular complexity index is 482. The largest absolute Gasteiger partial charge is 0.480 e. The third kappa shape index (κ3) is 3.66. The number of carboxylic acid groups (broad SMARTS) is 1. The van der Waals surface area contributed by atoms with E-state index in [-0.39, 0.29) is 12.3 Å². The Morgan fingerprint density at radius 3 is 2.53 bits per heavy atom. The van der Waals surface area contributed by atoms with Gasteiger partial charge >= 0.3 is 12.6 Å². The topological polar surface area (TPSA) is 58.6 Å². The molecule has 0 aliphatic heterocycles. The summed E-state index contributed by atoms with van der Waals surface area (Å²) in [5.41, 5.74) is -1.01. The monoisotopic (exact) mass is 269 g/mol. The van der Waals surface area contributed by atoms with Gasteiger partial charge in [0.1, 0.15) is 11.3 Å². The van der Waals surface area contributed by atoms with Crippen LogP contribution in [0.1, 0.15) is 12.5 Å². The van der Waals surface area contributed by atoms with Crippen molar-refractivity contribution in [2.45, 2.75) is 19.1 Å². The molecule has 0 heterocycles. The zero-order valence-electron chi connectivity index (χ0n) is 10.2. The van der Waals surface area contributed by atoms with E-state index in [0.717, 1.165) is 0 Å². The summed E-state index contributed by atoms with van der Waals surface area (Å²) in [4.78, 5) is 11.3. The molecule has 4 nitrogen and oxygen atoms in total. The maximum atomic E-state index is 12.0. The highest BCUT2D eigenvalue weighted by Gasteiger charge is 2.34. The Labute approximate surface area is 109 Å². The second-order valence-electron chi connectivity index (χ2n) is 3.89. The second-order valence-corrected chi connectivity index (χ2v) is 3.89. The molecule has 0 radical (unpaired) electrons. The van der Waals surface area contributed by atoms with E-state index in [9.17, 15) is 18.7 Å². The van der Waals surface area contributed by atoms with E-state index in [4.69, 9.17) is 6.42 Å². The van der Waals surface area contributed by atoms with E-state index in [0.29, 0.717) is 5.56 Å². The molecular weight excluding hydrogens is 256 g/mol. The van der Waals surface area contributed by atoms with Gasteiger partial charge in [-0.3, -0.25) is 5.32 Å². The van der Waals surface area contributed by atoms with Gasteiger partial charge < -0.3 is 9.84 Å². The number of hydrogen-bond donors (Lipinski definition) is 2. The Hall–Kier alpha value is -2.13. The van der Waals surface area contributed by atoms with Crippen LogP contribution in [0.5, 0.6) is 5.75 Å². The lowest BCUT2D eigenvalue weighted by molar-refractivity contribution is -0.144. The normalized spacial score (nSPS) is 13.6. The van der Waals surface area contributed by atoms with Gasteiger partial charge in [0.15, 0.2) is 0 Å². The van der Waals surface area contributed by atoms with Crippen molar-refractivity contribution in [1.82, 2.24) is 5.32 Å². The van der Waals surface area contributed by atoms with Crippen LogP contribution in [0.15, 0.2) is 24.3 Å². The molecule has 102 valence electrons. The molecule has 0 bridgehead atoms. The highest BCUT2D eigenvalue weighted by molar-refractivity contribution is 5.80. The summed E-state index contributed by atoms with van der Waals surface area (Å²) < 4.78 is 28.2. The van der Waals surface area contributed by atoms with E-state index in [2.05, 4.69) is 16.0 Å². The minimum atomic E-state index is -2.92. The number of halogens is 2. The summed E-state index contributed by atoms with van der Waals surface area (Å²) in [7, 11) is 0. The number of terminal acetylenes is 1. The van der Waals surface area contributed by atoms with E-state index >= 15 is 0 Å². The number of alkyl halides is 2. The van der Waals surface area contributed by atoms with Gasteiger partial charge in [0.2, 0.25) is 0 Å². The molecule has 0 saturated carbocycles. The Kier molecular flexibility index (Phi) is 4.84. The summed E-state index contributed by atoms with van der Waals surface area (Å²) >= 11 is 0. The van der Waals surface area contributed by atoms with Gasteiger partial charge in [-0.05, 0) is 24.6 Å². The van der Waals surface area contributed by atoms with Crippen LogP contribution in [0, 0.1) is 12.3 Å². The predicted octanol–water partition coefficient (Wildman–Crippen LogP) is 1.81. The lowest BCUT2D eigenvalue weighted by atomic mass is 9.92. The number of aliphatic carboxylic acids is 1. The average molecular weight is 269 g/mol. The molecule has 0 spiro atoms. The summed E-state index contributed by atoms with van der Waals surface area (Å²) in [5.74, 6) is 1.13. The van der Waals surface area contributed by atoms with Crippen molar-refractivity contribution in [1.29, 1.82) is 0 Å². The van der Waals surface area contributed by atoms with Gasteiger partial charge in [-0.2, -0.15) is 8.78 Å². The zero-order chi connectivity index (χ0) is 14.5. The summed E-state index contributed by atoms with van der Waals surface area (Å²) in [6, 6.07) is 5.35. The minimum Gasteiger partial charge on any atom is -0.480 e. The molecule has 0 aliphatic carbocycles. The van der Waals surface area contributed by atoms with Crippen LogP contribution in [0.4, 0.5) is 8.78 Å². The van der Waals surface area contributed by atoms with E-state index < -0.39 is 18.1 Å². The lowest BCUT2D eigenvalue weighted by Gasteiger charge is -2.26. The quantitative estimate of drug-likeness (QED) is 0.773. The SMILES string of the molecule is C#CCNC(C)(C(=O)O)c1ccc(OC(F)F)cc1. The lowest BCUT2D eigenvalue weighted by Crippen LogP contribution is -2.46. The molecule has 0 saturated heterocycles. The number of benzene rings is 1. The van der Waals surface area contributed by atoms with Crippen LogP contribution in [0.3, 0.4) is 0 Å². The first-order chi connectivity index (χ1) is 8.90. The molecule has 1 aromatic rings. The minimum absolute atomic E-state index is 0.0385. The van der Waals surface area contributed by atoms with Gasteiger partial charge in [0, 0.05) is 0 Å². The number of carboxylic acids is 1. The predicted molar refractivity (Wildman–Crippen MR) is 64.9 cm³/mol. The Balaban J connectivity index is 2.98. The molecule has 1 aromatic carbocycles. The fourth-order valence-electron chi connectivity index (χ4n) is 1.50. The summed E-state index contributed by atoms with van der Waals surface area (Å²) in [5, 5.41) is 11.9. The fraction of sp³-hybridized carbons (Fsp3) is 0.308. The van der Waals surface area contributed by atoms with E-state index in [1.165, 1.54) is 31.2 Å². The van der Waals surface area contributed by atoms with Gasteiger partial charge in [0.25, 0.3) is 0 Å². The van der Waals surface area contributed by atoms with E-state index in [1.807, 2.05) is 0 Å². The first-order valence-corrected chi connectivity index (χ1v) is 5.37. The van der Waals surface area contributed by atoms with Crippen molar-refractivity contribution >= 4 is 5.97 Å². The second kappa shape index (κ2) is 6.16. The molecule has 1 rings (SSSR count). The standard InChI is InChI=1S/C13H13F2NO3/c1-3-8-16-13(2,11(17)18)9-4-6-10(7-5-9)19-12(14)15/h1,4-7,12,16H,8H2,2H3,(H,17,18).